The van der Waals surface area contributed by atoms with Gasteiger partial charge in [-0.3, -0.25) is 4.79 Å². The first-order valence-corrected chi connectivity index (χ1v) is 13.7. The summed E-state index contributed by atoms with van der Waals surface area (Å²) in [7, 11) is 1.23. The minimum atomic E-state index is -1.11. The van der Waals surface area contributed by atoms with Crippen molar-refractivity contribution in [1.82, 2.24) is 15.2 Å². The Bertz CT molecular complexity index is 1650. The number of nitrogens with one attached hydrogen (secondary N) is 2. The van der Waals surface area contributed by atoms with E-state index in [4.69, 9.17) is 9.47 Å². The first-order chi connectivity index (χ1) is 20.5. The molecule has 0 saturated carbocycles. The Morgan fingerprint density at radius 3 is 2.23 bits per heavy atom. The van der Waals surface area contributed by atoms with Crippen LogP contribution < -0.4 is 10.6 Å². The number of aromatic nitrogens is 1. The fourth-order valence-electron chi connectivity index (χ4n) is 4.68. The summed E-state index contributed by atoms with van der Waals surface area (Å²) in [4.78, 5) is 39.3. The Morgan fingerprint density at radius 1 is 0.930 bits per heavy atom. The molecule has 0 saturated heterocycles. The van der Waals surface area contributed by atoms with Gasteiger partial charge in [0.1, 0.15) is 23.4 Å². The van der Waals surface area contributed by atoms with E-state index in [-0.39, 0.29) is 18.6 Å². The number of hydrogen-bond acceptors (Lipinski definition) is 7. The van der Waals surface area contributed by atoms with Crippen molar-refractivity contribution in [2.24, 2.45) is 0 Å². The number of amides is 2. The molecule has 4 rings (SSSR count). The number of carbonyl (C=O) groups is 3. The van der Waals surface area contributed by atoms with Gasteiger partial charge < -0.3 is 29.8 Å². The summed E-state index contributed by atoms with van der Waals surface area (Å²) in [5, 5.41) is 25.1. The van der Waals surface area contributed by atoms with Gasteiger partial charge in [0.05, 0.1) is 24.3 Å². The Kier molecular flexibility index (Phi) is 9.36. The molecule has 4 aromatic rings. The standard InChI is InChI=1S/C33H34N4O6/c1-33(2,3)43-32(41)36-27(30(39)35-28(31(40)42-4)17-21-11-15-25(38)16-12-21)18-23-20-37(29-8-6-5-7-26(23)29)24-13-9-22(19-34)10-14-24/h5-16,20,27-28,38H,17-18H2,1-4H3,(H,35,39)(H,36,41)/t27-,28-/m0/s1. The fraction of sp³-hybridized carbons (Fsp3) is 0.273. The summed E-state index contributed by atoms with van der Waals surface area (Å²) in [6.07, 6.45) is 1.30. The van der Waals surface area contributed by atoms with Gasteiger partial charge in [0.25, 0.3) is 0 Å². The van der Waals surface area contributed by atoms with Crippen LogP contribution in [0.25, 0.3) is 16.6 Å². The maximum absolute atomic E-state index is 13.7. The molecule has 2 atom stereocenters. The summed E-state index contributed by atoms with van der Waals surface area (Å²) in [6.45, 7) is 5.16. The maximum Gasteiger partial charge on any atom is 0.408 e. The molecule has 1 aromatic heterocycles. The van der Waals surface area contributed by atoms with Crippen molar-refractivity contribution in [3.8, 4) is 17.5 Å². The molecule has 0 unspecified atom stereocenters. The SMILES string of the molecule is COC(=O)[C@H](Cc1ccc(O)cc1)NC(=O)[C@H](Cc1cn(-c2ccc(C#N)cc2)c2ccccc12)NC(=O)OC(C)(C)C. The lowest BCUT2D eigenvalue weighted by Crippen LogP contribution is -2.53. The van der Waals surface area contributed by atoms with Crippen molar-refractivity contribution in [2.75, 3.05) is 7.11 Å². The molecule has 0 bridgehead atoms. The number of aromatic hydroxyl groups is 1. The van der Waals surface area contributed by atoms with Gasteiger partial charge in [-0.2, -0.15) is 5.26 Å². The van der Waals surface area contributed by atoms with Crippen molar-refractivity contribution in [3.05, 3.63) is 95.7 Å². The van der Waals surface area contributed by atoms with Gasteiger partial charge in [0.2, 0.25) is 5.91 Å². The molecular weight excluding hydrogens is 548 g/mol. The smallest absolute Gasteiger partial charge is 0.408 e. The first kappa shape index (κ1) is 30.7. The molecular formula is C33H34N4O6. The molecule has 0 aliphatic carbocycles. The topological polar surface area (TPSA) is 143 Å². The lowest BCUT2D eigenvalue weighted by molar-refractivity contribution is -0.145. The molecule has 222 valence electrons. The molecule has 3 N–H and O–H groups in total. The Labute approximate surface area is 249 Å². The zero-order valence-electron chi connectivity index (χ0n) is 24.5. The van der Waals surface area contributed by atoms with E-state index in [2.05, 4.69) is 16.7 Å². The summed E-state index contributed by atoms with van der Waals surface area (Å²) in [5.41, 5.74) is 2.89. The predicted molar refractivity (Wildman–Crippen MR) is 161 cm³/mol. The van der Waals surface area contributed by atoms with Crippen LogP contribution in [-0.4, -0.2) is 52.4 Å². The molecule has 3 aromatic carbocycles. The number of benzene rings is 3. The summed E-state index contributed by atoms with van der Waals surface area (Å²) in [5.74, 6) is -1.19. The third kappa shape index (κ3) is 7.92. The second-order valence-electron chi connectivity index (χ2n) is 11.1. The molecule has 2 amide bonds. The van der Waals surface area contributed by atoms with Crippen LogP contribution >= 0.6 is 0 Å². The second-order valence-corrected chi connectivity index (χ2v) is 11.1. The number of nitriles is 1. The van der Waals surface area contributed by atoms with Crippen molar-refractivity contribution in [3.63, 3.8) is 0 Å². The van der Waals surface area contributed by atoms with Crippen LogP contribution in [0.15, 0.2) is 79.0 Å². The summed E-state index contributed by atoms with van der Waals surface area (Å²) < 4.78 is 12.3. The number of esters is 1. The highest BCUT2D eigenvalue weighted by Crippen LogP contribution is 2.26. The van der Waals surface area contributed by atoms with E-state index in [0.717, 1.165) is 22.2 Å². The first-order valence-electron chi connectivity index (χ1n) is 13.7. The highest BCUT2D eigenvalue weighted by Gasteiger charge is 2.30. The average molecular weight is 583 g/mol. The molecule has 0 aliphatic rings. The highest BCUT2D eigenvalue weighted by atomic mass is 16.6. The lowest BCUT2D eigenvalue weighted by atomic mass is 10.0. The third-order valence-corrected chi connectivity index (χ3v) is 6.68. The van der Waals surface area contributed by atoms with Crippen LogP contribution in [0.5, 0.6) is 5.75 Å². The van der Waals surface area contributed by atoms with E-state index >= 15 is 0 Å². The van der Waals surface area contributed by atoms with Crippen LogP contribution in [0.1, 0.15) is 37.5 Å². The number of alkyl carbamates (subject to hydrolysis) is 1. The zero-order valence-corrected chi connectivity index (χ0v) is 24.5. The van der Waals surface area contributed by atoms with Crippen LogP contribution in [0.2, 0.25) is 0 Å². The average Bonchev–Trinajstić information content (AvgIpc) is 3.34. The van der Waals surface area contributed by atoms with Gasteiger partial charge in [-0.05, 0) is 74.4 Å². The van der Waals surface area contributed by atoms with Gasteiger partial charge >= 0.3 is 12.1 Å². The zero-order chi connectivity index (χ0) is 31.1. The Morgan fingerprint density at radius 2 is 1.60 bits per heavy atom. The van der Waals surface area contributed by atoms with Crippen LogP contribution in [0, 0.1) is 11.3 Å². The van der Waals surface area contributed by atoms with Crippen LogP contribution in [0.3, 0.4) is 0 Å². The van der Waals surface area contributed by atoms with Crippen molar-refractivity contribution >= 4 is 28.9 Å². The summed E-state index contributed by atoms with van der Waals surface area (Å²) >= 11 is 0. The number of nitrogens with zero attached hydrogens (tertiary/aromatic N) is 2. The largest absolute Gasteiger partial charge is 0.508 e. The van der Waals surface area contributed by atoms with E-state index in [1.54, 1.807) is 45.0 Å². The van der Waals surface area contributed by atoms with Gasteiger partial charge in [-0.1, -0.05) is 30.3 Å². The lowest BCUT2D eigenvalue weighted by Gasteiger charge is -2.25. The molecule has 10 heteroatoms. The van der Waals surface area contributed by atoms with Crippen molar-refractivity contribution in [2.45, 2.75) is 51.3 Å². The Balaban J connectivity index is 1.67. The molecule has 43 heavy (non-hydrogen) atoms. The number of hydrogen-bond donors (Lipinski definition) is 3. The molecule has 0 radical (unpaired) electrons. The normalized spacial score (nSPS) is 12.5. The van der Waals surface area contributed by atoms with Gasteiger partial charge in [-0.15, -0.1) is 0 Å². The fourth-order valence-corrected chi connectivity index (χ4v) is 4.68. The van der Waals surface area contributed by atoms with Gasteiger partial charge in [-0.25, -0.2) is 9.59 Å². The number of para-hydroxylation sites is 1. The number of phenolic OH excluding ortho intramolecular Hbond substituents is 1. The minimum Gasteiger partial charge on any atom is -0.508 e. The minimum absolute atomic E-state index is 0.0733. The van der Waals surface area contributed by atoms with E-state index in [1.165, 1.54) is 19.2 Å². The third-order valence-electron chi connectivity index (χ3n) is 6.68. The van der Waals surface area contributed by atoms with E-state index in [1.807, 2.05) is 47.2 Å². The molecule has 0 fully saturated rings. The molecule has 1 heterocycles. The maximum atomic E-state index is 13.7. The van der Waals surface area contributed by atoms with Gasteiger partial charge in [0.15, 0.2) is 0 Å². The van der Waals surface area contributed by atoms with E-state index in [0.29, 0.717) is 11.1 Å². The summed E-state index contributed by atoms with van der Waals surface area (Å²) in [6, 6.07) is 21.0. The number of carbonyl (C=O) groups excluding carboxylic acids is 3. The number of ether oxygens (including phenoxy) is 2. The van der Waals surface area contributed by atoms with E-state index in [9.17, 15) is 24.8 Å². The van der Waals surface area contributed by atoms with Crippen molar-refractivity contribution in [1.29, 1.82) is 5.26 Å². The number of methoxy groups -OCH3 is 1. The van der Waals surface area contributed by atoms with Crippen LogP contribution in [0.4, 0.5) is 4.79 Å². The molecule has 10 nitrogen and oxygen atoms in total. The Hall–Kier alpha value is -5.30. The molecule has 0 spiro atoms. The van der Waals surface area contributed by atoms with Crippen LogP contribution in [-0.2, 0) is 31.9 Å². The highest BCUT2D eigenvalue weighted by molar-refractivity contribution is 5.91. The van der Waals surface area contributed by atoms with E-state index < -0.39 is 35.7 Å². The second kappa shape index (κ2) is 13.1. The monoisotopic (exact) mass is 582 g/mol. The quantitative estimate of drug-likeness (QED) is 0.246. The predicted octanol–water partition coefficient (Wildman–Crippen LogP) is 4.54. The molecule has 0 aliphatic heterocycles. The number of fused-ring (bicyclic) bond motifs is 1. The van der Waals surface area contributed by atoms with Crippen molar-refractivity contribution < 1.29 is 29.0 Å². The number of rotatable bonds is 9. The van der Waals surface area contributed by atoms with Gasteiger partial charge in [0, 0.05) is 30.1 Å². The number of phenols is 1.